The van der Waals surface area contributed by atoms with Gasteiger partial charge in [0.1, 0.15) is 0 Å². The van der Waals surface area contributed by atoms with Gasteiger partial charge in [0.25, 0.3) is 0 Å². The molecule has 1 heterocycles. The number of nitriles is 1. The lowest BCUT2D eigenvalue weighted by Gasteiger charge is -2.06. The van der Waals surface area contributed by atoms with E-state index in [1.165, 1.54) is 0 Å². The molecule has 6 nitrogen and oxygen atoms in total. The first-order valence-corrected chi connectivity index (χ1v) is 6.47. The van der Waals surface area contributed by atoms with Gasteiger partial charge in [-0.05, 0) is 31.5 Å². The molecule has 0 saturated carbocycles. The van der Waals surface area contributed by atoms with E-state index in [9.17, 15) is 4.79 Å². The standard InChI is InChI=1S/C14H16N4O2/c1-2-20-13(19)4-3-7-18-12-8-10(9-15)5-6-11(12)17-14(18)16/h5-6,8H,2-4,7H2,1H3,(H2,16,17). The zero-order valence-corrected chi connectivity index (χ0v) is 11.3. The lowest BCUT2D eigenvalue weighted by molar-refractivity contribution is -0.143. The van der Waals surface area contributed by atoms with E-state index < -0.39 is 0 Å². The number of fused-ring (bicyclic) bond motifs is 1. The maximum Gasteiger partial charge on any atom is 0.305 e. The summed E-state index contributed by atoms with van der Waals surface area (Å²) in [7, 11) is 0. The van der Waals surface area contributed by atoms with Crippen LogP contribution in [0.1, 0.15) is 25.3 Å². The molecule has 104 valence electrons. The molecule has 0 aliphatic heterocycles. The third kappa shape index (κ3) is 2.88. The van der Waals surface area contributed by atoms with Crippen LogP contribution in [0.5, 0.6) is 0 Å². The first kappa shape index (κ1) is 13.9. The van der Waals surface area contributed by atoms with Crippen LogP contribution in [0.2, 0.25) is 0 Å². The van der Waals surface area contributed by atoms with Gasteiger partial charge in [-0.2, -0.15) is 5.26 Å². The molecule has 0 aliphatic carbocycles. The highest BCUT2D eigenvalue weighted by atomic mass is 16.5. The number of hydrogen-bond acceptors (Lipinski definition) is 5. The SMILES string of the molecule is CCOC(=O)CCCn1c(N)nc2ccc(C#N)cc21. The van der Waals surface area contributed by atoms with E-state index in [0.717, 1.165) is 11.0 Å². The Hall–Kier alpha value is -2.55. The van der Waals surface area contributed by atoms with Crippen molar-refractivity contribution in [2.75, 3.05) is 12.3 Å². The number of benzene rings is 1. The van der Waals surface area contributed by atoms with Crippen molar-refractivity contribution in [3.63, 3.8) is 0 Å². The van der Waals surface area contributed by atoms with Gasteiger partial charge in [0, 0.05) is 13.0 Å². The Morgan fingerprint density at radius 1 is 1.55 bits per heavy atom. The van der Waals surface area contributed by atoms with E-state index in [1.54, 1.807) is 25.1 Å². The molecule has 2 rings (SSSR count). The maximum absolute atomic E-state index is 11.3. The second kappa shape index (κ2) is 6.06. The number of ether oxygens (including phenoxy) is 1. The number of esters is 1. The van der Waals surface area contributed by atoms with Gasteiger partial charge in [0.05, 0.1) is 29.3 Å². The van der Waals surface area contributed by atoms with Crippen LogP contribution in [0.25, 0.3) is 11.0 Å². The van der Waals surface area contributed by atoms with Gasteiger partial charge in [-0.25, -0.2) is 4.98 Å². The van der Waals surface area contributed by atoms with Crippen molar-refractivity contribution >= 4 is 23.0 Å². The molecule has 0 radical (unpaired) electrons. The van der Waals surface area contributed by atoms with Gasteiger partial charge < -0.3 is 15.0 Å². The van der Waals surface area contributed by atoms with Crippen molar-refractivity contribution in [2.45, 2.75) is 26.3 Å². The fourth-order valence-electron chi connectivity index (χ4n) is 2.06. The Kier molecular flexibility index (Phi) is 4.20. The summed E-state index contributed by atoms with van der Waals surface area (Å²) in [5.41, 5.74) is 7.99. The zero-order chi connectivity index (χ0) is 14.5. The van der Waals surface area contributed by atoms with E-state index >= 15 is 0 Å². The van der Waals surface area contributed by atoms with E-state index in [-0.39, 0.29) is 5.97 Å². The fourth-order valence-corrected chi connectivity index (χ4v) is 2.06. The second-order valence-corrected chi connectivity index (χ2v) is 4.35. The number of nitrogens with zero attached hydrogens (tertiary/aromatic N) is 3. The van der Waals surface area contributed by atoms with E-state index in [0.29, 0.717) is 37.5 Å². The van der Waals surface area contributed by atoms with Crippen molar-refractivity contribution in [1.29, 1.82) is 5.26 Å². The summed E-state index contributed by atoms with van der Waals surface area (Å²) in [5, 5.41) is 8.93. The number of rotatable bonds is 5. The molecule has 1 aromatic carbocycles. The number of hydrogen-bond donors (Lipinski definition) is 1. The summed E-state index contributed by atoms with van der Waals surface area (Å²) in [6, 6.07) is 7.32. The third-order valence-corrected chi connectivity index (χ3v) is 2.97. The normalized spacial score (nSPS) is 10.4. The van der Waals surface area contributed by atoms with Crippen LogP contribution in [-0.4, -0.2) is 22.1 Å². The molecule has 0 amide bonds. The van der Waals surface area contributed by atoms with Crippen molar-refractivity contribution in [1.82, 2.24) is 9.55 Å². The highest BCUT2D eigenvalue weighted by molar-refractivity contribution is 5.79. The Morgan fingerprint density at radius 3 is 3.05 bits per heavy atom. The molecular formula is C14H16N4O2. The van der Waals surface area contributed by atoms with Gasteiger partial charge in [0.15, 0.2) is 0 Å². The smallest absolute Gasteiger partial charge is 0.305 e. The molecular weight excluding hydrogens is 256 g/mol. The summed E-state index contributed by atoms with van der Waals surface area (Å²) in [6.07, 6.45) is 0.955. The molecule has 0 unspecified atom stereocenters. The number of carbonyl (C=O) groups is 1. The first-order chi connectivity index (χ1) is 9.65. The van der Waals surface area contributed by atoms with Crippen LogP contribution in [0.3, 0.4) is 0 Å². The number of imidazole rings is 1. The van der Waals surface area contributed by atoms with Gasteiger partial charge in [0.2, 0.25) is 5.95 Å². The van der Waals surface area contributed by atoms with Gasteiger partial charge in [-0.3, -0.25) is 4.79 Å². The molecule has 20 heavy (non-hydrogen) atoms. The lowest BCUT2D eigenvalue weighted by Crippen LogP contribution is -2.08. The predicted molar refractivity (Wildman–Crippen MR) is 74.7 cm³/mol. The molecule has 0 aliphatic rings. The summed E-state index contributed by atoms with van der Waals surface area (Å²) in [5.74, 6) is 0.173. The number of nitrogen functional groups attached to an aromatic ring is 1. The minimum absolute atomic E-state index is 0.215. The van der Waals surface area contributed by atoms with E-state index in [1.807, 2.05) is 4.57 Å². The monoisotopic (exact) mass is 272 g/mol. The first-order valence-electron chi connectivity index (χ1n) is 6.47. The molecule has 2 N–H and O–H groups in total. The largest absolute Gasteiger partial charge is 0.466 e. The molecule has 2 aromatic rings. The minimum Gasteiger partial charge on any atom is -0.466 e. The molecule has 0 fully saturated rings. The minimum atomic E-state index is -0.215. The highest BCUT2D eigenvalue weighted by Crippen LogP contribution is 2.20. The van der Waals surface area contributed by atoms with Crippen LogP contribution < -0.4 is 5.73 Å². The topological polar surface area (TPSA) is 93.9 Å². The number of anilines is 1. The average Bonchev–Trinajstić information content (AvgIpc) is 2.74. The van der Waals surface area contributed by atoms with Crippen LogP contribution in [0.15, 0.2) is 18.2 Å². The average molecular weight is 272 g/mol. The van der Waals surface area contributed by atoms with Crippen molar-refractivity contribution in [2.24, 2.45) is 0 Å². The third-order valence-electron chi connectivity index (χ3n) is 2.97. The molecule has 0 bridgehead atoms. The summed E-state index contributed by atoms with van der Waals surface area (Å²) < 4.78 is 6.69. The second-order valence-electron chi connectivity index (χ2n) is 4.35. The zero-order valence-electron chi connectivity index (χ0n) is 11.3. The van der Waals surface area contributed by atoms with Gasteiger partial charge in [-0.1, -0.05) is 0 Å². The van der Waals surface area contributed by atoms with Crippen LogP contribution in [0.4, 0.5) is 5.95 Å². The quantitative estimate of drug-likeness (QED) is 0.838. The Bertz CT molecular complexity index is 670. The molecule has 1 aromatic heterocycles. The fraction of sp³-hybridized carbons (Fsp3) is 0.357. The summed E-state index contributed by atoms with van der Waals surface area (Å²) in [4.78, 5) is 15.5. The molecule has 0 atom stereocenters. The number of nitrogens with two attached hydrogens (primary N) is 1. The molecule has 6 heteroatoms. The Labute approximate surface area is 116 Å². The number of carbonyl (C=O) groups excluding carboxylic acids is 1. The van der Waals surface area contributed by atoms with Crippen molar-refractivity contribution in [3.8, 4) is 6.07 Å². The highest BCUT2D eigenvalue weighted by Gasteiger charge is 2.10. The number of aromatic nitrogens is 2. The van der Waals surface area contributed by atoms with Crippen LogP contribution >= 0.6 is 0 Å². The van der Waals surface area contributed by atoms with Crippen LogP contribution in [0, 0.1) is 11.3 Å². The molecule has 0 spiro atoms. The van der Waals surface area contributed by atoms with Crippen LogP contribution in [-0.2, 0) is 16.1 Å². The number of aryl methyl sites for hydroxylation is 1. The van der Waals surface area contributed by atoms with Crippen molar-refractivity contribution in [3.05, 3.63) is 23.8 Å². The van der Waals surface area contributed by atoms with Crippen molar-refractivity contribution < 1.29 is 9.53 Å². The van der Waals surface area contributed by atoms with Gasteiger partial charge in [-0.15, -0.1) is 0 Å². The maximum atomic E-state index is 11.3. The Balaban J connectivity index is 2.15. The Morgan fingerprint density at radius 2 is 2.35 bits per heavy atom. The molecule has 0 saturated heterocycles. The lowest BCUT2D eigenvalue weighted by atomic mass is 10.2. The van der Waals surface area contributed by atoms with E-state index in [2.05, 4.69) is 11.1 Å². The summed E-state index contributed by atoms with van der Waals surface area (Å²) in [6.45, 7) is 2.74. The van der Waals surface area contributed by atoms with Gasteiger partial charge >= 0.3 is 5.97 Å². The summed E-state index contributed by atoms with van der Waals surface area (Å²) >= 11 is 0. The predicted octanol–water partition coefficient (Wildman–Crippen LogP) is 1.83. The van der Waals surface area contributed by atoms with E-state index in [4.69, 9.17) is 15.7 Å².